The van der Waals surface area contributed by atoms with Crippen molar-refractivity contribution in [1.82, 2.24) is 15.3 Å². The van der Waals surface area contributed by atoms with Crippen LogP contribution in [0.2, 0.25) is 0 Å². The number of oxazole rings is 1. The van der Waals surface area contributed by atoms with Crippen molar-refractivity contribution >= 4 is 28.8 Å². The van der Waals surface area contributed by atoms with Crippen LogP contribution in [-0.4, -0.2) is 35.3 Å². The van der Waals surface area contributed by atoms with Crippen LogP contribution in [-0.2, 0) is 4.79 Å². The van der Waals surface area contributed by atoms with E-state index < -0.39 is 0 Å². The van der Waals surface area contributed by atoms with Gasteiger partial charge in [0.15, 0.2) is 5.58 Å². The van der Waals surface area contributed by atoms with Crippen molar-refractivity contribution in [1.29, 1.82) is 0 Å². The maximum Gasteiger partial charge on any atom is 0.295 e. The van der Waals surface area contributed by atoms with E-state index in [9.17, 15) is 9.59 Å². The van der Waals surface area contributed by atoms with E-state index in [4.69, 9.17) is 9.15 Å². The number of benzene rings is 1. The van der Waals surface area contributed by atoms with Crippen LogP contribution in [0.15, 0.2) is 40.9 Å². The van der Waals surface area contributed by atoms with Gasteiger partial charge in [-0.15, -0.1) is 0 Å². The lowest BCUT2D eigenvalue weighted by Crippen LogP contribution is -2.39. The van der Waals surface area contributed by atoms with Gasteiger partial charge < -0.3 is 19.8 Å². The molecule has 0 unspecified atom stereocenters. The Labute approximate surface area is 186 Å². The van der Waals surface area contributed by atoms with Crippen LogP contribution in [0.1, 0.15) is 55.9 Å². The minimum atomic E-state index is -0.328. The molecule has 1 saturated carbocycles. The van der Waals surface area contributed by atoms with E-state index >= 15 is 0 Å². The first-order valence-corrected chi connectivity index (χ1v) is 11.1. The van der Waals surface area contributed by atoms with Gasteiger partial charge in [-0.25, -0.2) is 0 Å². The summed E-state index contributed by atoms with van der Waals surface area (Å²) in [6.07, 6.45) is 7.24. The minimum absolute atomic E-state index is 0.274. The molecule has 2 aromatic heterocycles. The highest BCUT2D eigenvalue weighted by Gasteiger charge is 2.38. The topological polar surface area (TPSA) is 106 Å². The minimum Gasteiger partial charge on any atom is -0.457 e. The average Bonchev–Trinajstić information content (AvgIpc) is 3.24. The van der Waals surface area contributed by atoms with Crippen LogP contribution in [0, 0.1) is 5.41 Å². The summed E-state index contributed by atoms with van der Waals surface area (Å²) in [4.78, 5) is 33.0. The maximum absolute atomic E-state index is 12.6. The van der Waals surface area contributed by atoms with Crippen LogP contribution in [0.4, 0.5) is 6.01 Å². The van der Waals surface area contributed by atoms with Crippen LogP contribution in [0.5, 0.6) is 11.5 Å². The second-order valence-electron chi connectivity index (χ2n) is 8.18. The molecule has 0 bridgehead atoms. The number of carbonyl (C=O) groups excluding carboxylic acids is 2. The summed E-state index contributed by atoms with van der Waals surface area (Å²) in [6.45, 7) is 2.47. The number of nitrogens with zero attached hydrogens (tertiary/aromatic N) is 2. The Morgan fingerprint density at radius 1 is 1.12 bits per heavy atom. The molecule has 1 amide bonds. The molecule has 32 heavy (non-hydrogen) atoms. The predicted molar refractivity (Wildman–Crippen MR) is 121 cm³/mol. The van der Waals surface area contributed by atoms with Crippen molar-refractivity contribution in [3.8, 4) is 11.5 Å². The lowest BCUT2D eigenvalue weighted by molar-refractivity contribution is -0.129. The molecule has 1 aliphatic carbocycles. The Morgan fingerprint density at radius 3 is 2.66 bits per heavy atom. The normalized spacial score (nSPS) is 15.3. The number of ketones is 1. The summed E-state index contributed by atoms with van der Waals surface area (Å²) in [6, 6.07) is 9.01. The standard InChI is InChI=1S/C24H28N4O4/c1-3-21(29)24(10-5-4-6-11-24)15-27-23-28-18-8-7-16(14-20(18)32-23)31-17-9-12-26-19(13-17)22(30)25-2/h7-9,12-14H,3-6,10-11,15H2,1-2H3,(H,25,30)(H,27,28). The monoisotopic (exact) mass is 436 g/mol. The number of hydrogen-bond acceptors (Lipinski definition) is 7. The van der Waals surface area contributed by atoms with Gasteiger partial charge in [0.1, 0.15) is 28.5 Å². The molecule has 2 N–H and O–H groups in total. The number of carbonyl (C=O) groups is 2. The summed E-state index contributed by atoms with van der Waals surface area (Å²) < 4.78 is 11.8. The Bertz CT molecular complexity index is 1120. The number of anilines is 1. The van der Waals surface area contributed by atoms with Gasteiger partial charge >= 0.3 is 0 Å². The van der Waals surface area contributed by atoms with E-state index in [1.54, 1.807) is 31.3 Å². The molecule has 4 rings (SSSR count). The number of aromatic nitrogens is 2. The number of ether oxygens (including phenoxy) is 1. The largest absolute Gasteiger partial charge is 0.457 e. The Morgan fingerprint density at radius 2 is 1.91 bits per heavy atom. The molecule has 0 aliphatic heterocycles. The highest BCUT2D eigenvalue weighted by molar-refractivity contribution is 5.92. The van der Waals surface area contributed by atoms with Crippen molar-refractivity contribution < 1.29 is 18.7 Å². The molecule has 0 radical (unpaired) electrons. The highest BCUT2D eigenvalue weighted by Crippen LogP contribution is 2.38. The van der Waals surface area contributed by atoms with Crippen molar-refractivity contribution in [2.24, 2.45) is 5.41 Å². The zero-order chi connectivity index (χ0) is 22.6. The molecular formula is C24H28N4O4. The molecule has 1 aromatic carbocycles. The van der Waals surface area contributed by atoms with Crippen LogP contribution in [0.3, 0.4) is 0 Å². The van der Waals surface area contributed by atoms with Gasteiger partial charge in [-0.1, -0.05) is 26.2 Å². The van der Waals surface area contributed by atoms with Gasteiger partial charge in [-0.3, -0.25) is 14.6 Å². The number of nitrogens with one attached hydrogen (secondary N) is 2. The number of fused-ring (bicyclic) bond motifs is 1. The van der Waals surface area contributed by atoms with Gasteiger partial charge in [0.2, 0.25) is 0 Å². The van der Waals surface area contributed by atoms with Crippen LogP contribution < -0.4 is 15.4 Å². The van der Waals surface area contributed by atoms with Crippen molar-refractivity contribution in [2.75, 3.05) is 18.9 Å². The third-order valence-electron chi connectivity index (χ3n) is 6.09. The first-order valence-electron chi connectivity index (χ1n) is 11.1. The van der Waals surface area contributed by atoms with Crippen molar-refractivity contribution in [3.05, 3.63) is 42.2 Å². The van der Waals surface area contributed by atoms with Crippen LogP contribution >= 0.6 is 0 Å². The molecular weight excluding hydrogens is 408 g/mol. The molecule has 1 fully saturated rings. The molecule has 8 nitrogen and oxygen atoms in total. The van der Waals surface area contributed by atoms with Gasteiger partial charge in [0.05, 0.1) is 0 Å². The highest BCUT2D eigenvalue weighted by atomic mass is 16.5. The van der Waals surface area contributed by atoms with E-state index in [0.717, 1.165) is 25.7 Å². The van der Waals surface area contributed by atoms with Gasteiger partial charge in [0.25, 0.3) is 11.9 Å². The Kier molecular flexibility index (Phi) is 6.39. The number of hydrogen-bond donors (Lipinski definition) is 2. The molecule has 3 aromatic rings. The smallest absolute Gasteiger partial charge is 0.295 e. The lowest BCUT2D eigenvalue weighted by atomic mass is 9.70. The van der Waals surface area contributed by atoms with E-state index in [1.165, 1.54) is 12.6 Å². The fourth-order valence-electron chi connectivity index (χ4n) is 4.31. The van der Waals surface area contributed by atoms with E-state index in [0.29, 0.717) is 47.4 Å². The van der Waals surface area contributed by atoms with Gasteiger partial charge in [-0.05, 0) is 31.0 Å². The molecule has 0 spiro atoms. The quantitative estimate of drug-likeness (QED) is 0.526. The zero-order valence-corrected chi connectivity index (χ0v) is 18.4. The molecule has 2 heterocycles. The Hall–Kier alpha value is -3.42. The lowest BCUT2D eigenvalue weighted by Gasteiger charge is -2.35. The number of pyridine rings is 1. The SMILES string of the molecule is CCC(=O)C1(CNc2nc3ccc(Oc4ccnc(C(=O)NC)c4)cc3o2)CCCCC1. The maximum atomic E-state index is 12.6. The number of amides is 1. The summed E-state index contributed by atoms with van der Waals surface area (Å²) in [5.74, 6) is 1.08. The second-order valence-corrected chi connectivity index (χ2v) is 8.18. The Balaban J connectivity index is 1.48. The molecule has 0 atom stereocenters. The van der Waals surface area contributed by atoms with Crippen molar-refractivity contribution in [3.63, 3.8) is 0 Å². The first-order chi connectivity index (χ1) is 15.5. The van der Waals surface area contributed by atoms with Gasteiger partial charge in [-0.2, -0.15) is 4.98 Å². The molecule has 0 saturated heterocycles. The zero-order valence-electron chi connectivity index (χ0n) is 18.4. The third kappa shape index (κ3) is 4.59. The third-order valence-corrected chi connectivity index (χ3v) is 6.09. The molecule has 1 aliphatic rings. The fraction of sp³-hybridized carbons (Fsp3) is 0.417. The van der Waals surface area contributed by atoms with E-state index in [-0.39, 0.29) is 17.0 Å². The molecule has 168 valence electrons. The average molecular weight is 437 g/mol. The van der Waals surface area contributed by atoms with E-state index in [1.807, 2.05) is 13.0 Å². The van der Waals surface area contributed by atoms with E-state index in [2.05, 4.69) is 20.6 Å². The fourth-order valence-corrected chi connectivity index (χ4v) is 4.31. The first kappa shape index (κ1) is 21.8. The second kappa shape index (κ2) is 9.38. The van der Waals surface area contributed by atoms with Crippen LogP contribution in [0.25, 0.3) is 11.1 Å². The number of Topliss-reactive ketones (excluding diaryl/α,β-unsaturated/α-hetero) is 1. The summed E-state index contributed by atoms with van der Waals surface area (Å²) >= 11 is 0. The van der Waals surface area contributed by atoms with Gasteiger partial charge in [0, 0.05) is 43.8 Å². The number of rotatable bonds is 8. The van der Waals surface area contributed by atoms with Crippen molar-refractivity contribution in [2.45, 2.75) is 45.4 Å². The summed E-state index contributed by atoms with van der Waals surface area (Å²) in [5, 5.41) is 5.80. The predicted octanol–water partition coefficient (Wildman–Crippen LogP) is 4.72. The molecule has 8 heteroatoms. The summed E-state index contributed by atoms with van der Waals surface area (Å²) in [7, 11) is 1.55. The summed E-state index contributed by atoms with van der Waals surface area (Å²) in [5.41, 5.74) is 1.21.